The smallest absolute Gasteiger partial charge is 0.169 e. The molecular formula is C9H14OS. The van der Waals surface area contributed by atoms with Gasteiger partial charge in [0.25, 0.3) is 0 Å². The Morgan fingerprint density at radius 2 is 2.00 bits per heavy atom. The highest BCUT2D eigenvalue weighted by Crippen LogP contribution is 2.15. The van der Waals surface area contributed by atoms with Gasteiger partial charge in [-0.2, -0.15) is 0 Å². The fourth-order valence-electron chi connectivity index (χ4n) is 0.733. The normalized spacial score (nSPS) is 8.36. The summed E-state index contributed by atoms with van der Waals surface area (Å²) in [5.74, 6) is 0.169. The molecule has 2 heteroatoms. The molecule has 0 amide bonds. The predicted octanol–water partition coefficient (Wildman–Crippen LogP) is 3.29. The van der Waals surface area contributed by atoms with Gasteiger partial charge in [0, 0.05) is 0 Å². The average molecular weight is 170 g/mol. The molecule has 0 saturated heterocycles. The summed E-state index contributed by atoms with van der Waals surface area (Å²) >= 11 is 1.51. The summed E-state index contributed by atoms with van der Waals surface area (Å²) in [6, 6.07) is 1.96. The lowest BCUT2D eigenvalue weighted by Gasteiger charge is -1.87. The highest BCUT2D eigenvalue weighted by Gasteiger charge is 2.02. The number of ketones is 1. The number of carbonyl (C=O) groups excluding carboxylic acids is 1. The van der Waals surface area contributed by atoms with Crippen molar-refractivity contribution in [3.8, 4) is 0 Å². The van der Waals surface area contributed by atoms with E-state index in [1.165, 1.54) is 11.3 Å². The van der Waals surface area contributed by atoms with Crippen LogP contribution >= 0.6 is 11.3 Å². The number of aryl methyl sites for hydroxylation is 1. The maximum atomic E-state index is 10.7. The summed E-state index contributed by atoms with van der Waals surface area (Å²) in [6.07, 6.45) is 0. The maximum absolute atomic E-state index is 10.7. The Morgan fingerprint density at radius 1 is 1.45 bits per heavy atom. The van der Waals surface area contributed by atoms with Crippen molar-refractivity contribution in [1.82, 2.24) is 0 Å². The third-order valence-electron chi connectivity index (χ3n) is 1.18. The van der Waals surface area contributed by atoms with E-state index in [-0.39, 0.29) is 5.78 Å². The minimum Gasteiger partial charge on any atom is -0.294 e. The Morgan fingerprint density at radius 3 is 2.18 bits per heavy atom. The predicted molar refractivity (Wildman–Crippen MR) is 50.4 cm³/mol. The first-order chi connectivity index (χ1) is 5.22. The minimum absolute atomic E-state index is 0.169. The van der Waals surface area contributed by atoms with Crippen molar-refractivity contribution in [2.24, 2.45) is 0 Å². The molecule has 1 aromatic heterocycles. The average Bonchev–Trinajstić information content (AvgIpc) is 2.39. The molecule has 11 heavy (non-hydrogen) atoms. The molecule has 62 valence electrons. The van der Waals surface area contributed by atoms with Gasteiger partial charge in [-0.25, -0.2) is 0 Å². The van der Waals surface area contributed by atoms with Crippen LogP contribution in [-0.4, -0.2) is 5.78 Å². The van der Waals surface area contributed by atoms with Gasteiger partial charge in [0.15, 0.2) is 5.78 Å². The molecule has 1 nitrogen and oxygen atoms in total. The van der Waals surface area contributed by atoms with Gasteiger partial charge in [-0.1, -0.05) is 13.8 Å². The SMILES string of the molecule is CC.CC(=O)c1sccc1C. The number of thiophene rings is 1. The summed E-state index contributed by atoms with van der Waals surface area (Å²) < 4.78 is 0. The summed E-state index contributed by atoms with van der Waals surface area (Å²) in [5, 5.41) is 1.94. The highest BCUT2D eigenvalue weighted by atomic mass is 32.1. The van der Waals surface area contributed by atoms with Crippen molar-refractivity contribution in [3.63, 3.8) is 0 Å². The van der Waals surface area contributed by atoms with Gasteiger partial charge in [-0.3, -0.25) is 4.79 Å². The minimum atomic E-state index is 0.169. The summed E-state index contributed by atoms with van der Waals surface area (Å²) in [4.78, 5) is 11.6. The summed E-state index contributed by atoms with van der Waals surface area (Å²) in [6.45, 7) is 7.55. The molecule has 0 aliphatic rings. The first-order valence-corrected chi connectivity index (χ1v) is 4.65. The lowest BCUT2D eigenvalue weighted by Crippen LogP contribution is -1.87. The van der Waals surface area contributed by atoms with Gasteiger partial charge in [-0.15, -0.1) is 11.3 Å². The van der Waals surface area contributed by atoms with E-state index >= 15 is 0 Å². The van der Waals surface area contributed by atoms with E-state index in [4.69, 9.17) is 0 Å². The molecule has 0 N–H and O–H groups in total. The van der Waals surface area contributed by atoms with E-state index in [9.17, 15) is 4.79 Å². The Labute approximate surface area is 72.1 Å². The number of carbonyl (C=O) groups is 1. The largest absolute Gasteiger partial charge is 0.294 e. The molecule has 0 bridgehead atoms. The van der Waals surface area contributed by atoms with Crippen LogP contribution in [0.4, 0.5) is 0 Å². The Kier molecular flexibility index (Phi) is 4.79. The second-order valence-electron chi connectivity index (χ2n) is 1.99. The fraction of sp³-hybridized carbons (Fsp3) is 0.444. The van der Waals surface area contributed by atoms with E-state index in [0.717, 1.165) is 10.4 Å². The van der Waals surface area contributed by atoms with Crippen LogP contribution in [0.3, 0.4) is 0 Å². The van der Waals surface area contributed by atoms with Crippen LogP contribution in [0.25, 0.3) is 0 Å². The molecule has 0 saturated carbocycles. The van der Waals surface area contributed by atoms with Gasteiger partial charge in [0.2, 0.25) is 0 Å². The van der Waals surface area contributed by atoms with Gasteiger partial charge in [0.1, 0.15) is 0 Å². The van der Waals surface area contributed by atoms with Crippen LogP contribution < -0.4 is 0 Å². The molecule has 1 heterocycles. The highest BCUT2D eigenvalue weighted by molar-refractivity contribution is 7.12. The van der Waals surface area contributed by atoms with E-state index in [2.05, 4.69) is 0 Å². The van der Waals surface area contributed by atoms with Crippen LogP contribution in [-0.2, 0) is 0 Å². The zero-order valence-electron chi connectivity index (χ0n) is 7.47. The lowest BCUT2D eigenvalue weighted by atomic mass is 10.2. The Bertz CT molecular complexity index is 225. The van der Waals surface area contributed by atoms with Crippen LogP contribution in [0, 0.1) is 6.92 Å². The number of hydrogen-bond acceptors (Lipinski definition) is 2. The first kappa shape index (κ1) is 10.4. The Hall–Kier alpha value is -0.630. The van der Waals surface area contributed by atoms with Crippen LogP contribution in [0.1, 0.15) is 36.0 Å². The van der Waals surface area contributed by atoms with E-state index in [1.807, 2.05) is 32.2 Å². The molecule has 0 unspecified atom stereocenters. The standard InChI is InChI=1S/C7H8OS.C2H6/c1-5-3-4-9-7(5)6(2)8;1-2/h3-4H,1-2H3;1-2H3. The Balaban J connectivity index is 0.000000461. The lowest BCUT2D eigenvalue weighted by molar-refractivity contribution is 0.102. The van der Waals surface area contributed by atoms with Crippen molar-refractivity contribution >= 4 is 17.1 Å². The molecule has 0 spiro atoms. The van der Waals surface area contributed by atoms with Gasteiger partial charge < -0.3 is 0 Å². The van der Waals surface area contributed by atoms with Crippen molar-refractivity contribution in [2.45, 2.75) is 27.7 Å². The fourth-order valence-corrected chi connectivity index (χ4v) is 1.56. The molecule has 1 aromatic rings. The zero-order chi connectivity index (χ0) is 8.85. The zero-order valence-corrected chi connectivity index (χ0v) is 8.29. The first-order valence-electron chi connectivity index (χ1n) is 3.77. The molecule has 0 aliphatic heterocycles. The van der Waals surface area contributed by atoms with Crippen LogP contribution in [0.2, 0.25) is 0 Å². The van der Waals surface area contributed by atoms with Crippen LogP contribution in [0.15, 0.2) is 11.4 Å². The number of rotatable bonds is 1. The van der Waals surface area contributed by atoms with Gasteiger partial charge in [0.05, 0.1) is 4.88 Å². The van der Waals surface area contributed by atoms with Crippen molar-refractivity contribution in [1.29, 1.82) is 0 Å². The number of hydrogen-bond donors (Lipinski definition) is 0. The summed E-state index contributed by atoms with van der Waals surface area (Å²) in [7, 11) is 0. The van der Waals surface area contributed by atoms with Crippen molar-refractivity contribution < 1.29 is 4.79 Å². The molecule has 0 fully saturated rings. The molecule has 1 rings (SSSR count). The van der Waals surface area contributed by atoms with Gasteiger partial charge >= 0.3 is 0 Å². The molecule has 0 atom stereocenters. The van der Waals surface area contributed by atoms with Gasteiger partial charge in [-0.05, 0) is 30.9 Å². The molecular weight excluding hydrogens is 156 g/mol. The van der Waals surface area contributed by atoms with Crippen molar-refractivity contribution in [3.05, 3.63) is 21.9 Å². The van der Waals surface area contributed by atoms with E-state index in [1.54, 1.807) is 6.92 Å². The monoisotopic (exact) mass is 170 g/mol. The summed E-state index contributed by atoms with van der Waals surface area (Å²) in [5.41, 5.74) is 1.09. The van der Waals surface area contributed by atoms with Crippen LogP contribution in [0.5, 0.6) is 0 Å². The van der Waals surface area contributed by atoms with E-state index < -0.39 is 0 Å². The molecule has 0 aromatic carbocycles. The topological polar surface area (TPSA) is 17.1 Å². The molecule has 0 aliphatic carbocycles. The number of Topliss-reactive ketones (excluding diaryl/α,β-unsaturated/α-hetero) is 1. The third-order valence-corrected chi connectivity index (χ3v) is 2.30. The quantitative estimate of drug-likeness (QED) is 0.591. The maximum Gasteiger partial charge on any atom is 0.169 e. The molecule has 0 radical (unpaired) electrons. The van der Waals surface area contributed by atoms with E-state index in [0.29, 0.717) is 0 Å². The third kappa shape index (κ3) is 2.85. The van der Waals surface area contributed by atoms with Crippen molar-refractivity contribution in [2.75, 3.05) is 0 Å². The second-order valence-corrected chi connectivity index (χ2v) is 2.91. The second kappa shape index (κ2) is 5.08.